The summed E-state index contributed by atoms with van der Waals surface area (Å²) in [5.41, 5.74) is 1.56. The predicted molar refractivity (Wildman–Crippen MR) is 76.6 cm³/mol. The number of aryl methyl sites for hydroxylation is 2. The molecule has 20 heavy (non-hydrogen) atoms. The van der Waals surface area contributed by atoms with Gasteiger partial charge >= 0.3 is 0 Å². The lowest BCUT2D eigenvalue weighted by Gasteiger charge is -2.07. The highest BCUT2D eigenvalue weighted by atomic mass is 35.5. The summed E-state index contributed by atoms with van der Waals surface area (Å²) in [5.74, 6) is -0.0623. The number of hydrogen-bond acceptors (Lipinski definition) is 3. The van der Waals surface area contributed by atoms with Gasteiger partial charge in [0.25, 0.3) is 0 Å². The molecule has 0 spiro atoms. The molecular formula is C13H18ClN5O. The van der Waals surface area contributed by atoms with Crippen molar-refractivity contribution in [3.05, 3.63) is 34.9 Å². The summed E-state index contributed by atoms with van der Waals surface area (Å²) in [6.07, 6.45) is 4.48. The Kier molecular flexibility index (Phi) is 4.79. The maximum absolute atomic E-state index is 11.8. The topological polar surface area (TPSA) is 64.7 Å². The van der Waals surface area contributed by atoms with E-state index in [0.29, 0.717) is 11.6 Å². The molecule has 0 aliphatic heterocycles. The molecule has 0 atom stereocenters. The van der Waals surface area contributed by atoms with Gasteiger partial charge in [0.15, 0.2) is 0 Å². The molecule has 0 aliphatic rings. The summed E-state index contributed by atoms with van der Waals surface area (Å²) in [7, 11) is 0. The molecule has 1 N–H and O–H groups in total. The molecule has 0 saturated carbocycles. The molecule has 0 unspecified atom stereocenters. The van der Waals surface area contributed by atoms with Crippen LogP contribution in [0, 0.1) is 13.8 Å². The molecule has 2 rings (SSSR count). The molecule has 0 radical (unpaired) electrons. The minimum absolute atomic E-state index is 0.0623. The minimum Gasteiger partial charge on any atom is -0.354 e. The van der Waals surface area contributed by atoms with Crippen LogP contribution in [0.1, 0.15) is 17.8 Å². The second-order valence-corrected chi connectivity index (χ2v) is 4.99. The summed E-state index contributed by atoms with van der Waals surface area (Å²) < 4.78 is 3.47. The quantitative estimate of drug-likeness (QED) is 0.823. The summed E-state index contributed by atoms with van der Waals surface area (Å²) >= 11 is 6.04. The van der Waals surface area contributed by atoms with Gasteiger partial charge in [-0.05, 0) is 26.3 Å². The average molecular weight is 296 g/mol. The number of hydrogen-bond donors (Lipinski definition) is 1. The summed E-state index contributed by atoms with van der Waals surface area (Å²) in [4.78, 5) is 11.8. The van der Waals surface area contributed by atoms with Crippen molar-refractivity contribution in [1.29, 1.82) is 0 Å². The van der Waals surface area contributed by atoms with Crippen LogP contribution in [0.4, 0.5) is 0 Å². The Labute approximate surface area is 122 Å². The van der Waals surface area contributed by atoms with E-state index in [1.54, 1.807) is 10.9 Å². The molecule has 2 aromatic heterocycles. The number of carbonyl (C=O) groups is 1. The van der Waals surface area contributed by atoms with E-state index in [4.69, 9.17) is 11.6 Å². The molecule has 6 nitrogen and oxygen atoms in total. The van der Waals surface area contributed by atoms with Crippen molar-refractivity contribution in [2.24, 2.45) is 0 Å². The van der Waals surface area contributed by atoms with Crippen molar-refractivity contribution in [3.8, 4) is 0 Å². The molecule has 0 bridgehead atoms. The lowest BCUT2D eigenvalue weighted by Crippen LogP contribution is -2.29. The molecule has 0 fully saturated rings. The van der Waals surface area contributed by atoms with E-state index in [1.807, 2.05) is 30.8 Å². The van der Waals surface area contributed by atoms with Gasteiger partial charge in [-0.15, -0.1) is 0 Å². The van der Waals surface area contributed by atoms with Gasteiger partial charge in [-0.25, -0.2) is 0 Å². The highest BCUT2D eigenvalue weighted by molar-refractivity contribution is 6.31. The first kappa shape index (κ1) is 14.6. The SMILES string of the molecule is Cc1nn(CC(=O)NCCCn2cccn2)c(C)c1Cl. The average Bonchev–Trinajstić information content (AvgIpc) is 3.01. The van der Waals surface area contributed by atoms with Crippen LogP contribution in [0.15, 0.2) is 18.5 Å². The van der Waals surface area contributed by atoms with Crippen LogP contribution in [-0.2, 0) is 17.9 Å². The van der Waals surface area contributed by atoms with Crippen molar-refractivity contribution < 1.29 is 4.79 Å². The second-order valence-electron chi connectivity index (χ2n) is 4.62. The molecule has 2 heterocycles. The van der Waals surface area contributed by atoms with E-state index in [1.165, 1.54) is 0 Å². The van der Waals surface area contributed by atoms with E-state index in [2.05, 4.69) is 15.5 Å². The third-order valence-corrected chi connectivity index (χ3v) is 3.58. The van der Waals surface area contributed by atoms with Gasteiger partial charge in [-0.1, -0.05) is 11.6 Å². The number of halogens is 1. The van der Waals surface area contributed by atoms with Gasteiger partial charge in [-0.3, -0.25) is 14.2 Å². The Morgan fingerprint density at radius 1 is 1.45 bits per heavy atom. The van der Waals surface area contributed by atoms with Gasteiger partial charge in [-0.2, -0.15) is 10.2 Å². The van der Waals surface area contributed by atoms with Crippen molar-refractivity contribution in [1.82, 2.24) is 24.9 Å². The molecule has 0 saturated heterocycles. The zero-order valence-corrected chi connectivity index (χ0v) is 12.4. The number of amides is 1. The Morgan fingerprint density at radius 2 is 2.25 bits per heavy atom. The third kappa shape index (κ3) is 3.60. The molecule has 0 aromatic carbocycles. The normalized spacial score (nSPS) is 10.8. The largest absolute Gasteiger partial charge is 0.354 e. The van der Waals surface area contributed by atoms with Gasteiger partial charge in [0.05, 0.1) is 16.4 Å². The van der Waals surface area contributed by atoms with Crippen molar-refractivity contribution >= 4 is 17.5 Å². The highest BCUT2D eigenvalue weighted by Crippen LogP contribution is 2.18. The molecule has 0 aliphatic carbocycles. The van der Waals surface area contributed by atoms with Crippen LogP contribution < -0.4 is 5.32 Å². The smallest absolute Gasteiger partial charge is 0.241 e. The van der Waals surface area contributed by atoms with E-state index in [9.17, 15) is 4.79 Å². The standard InChI is InChI=1S/C13H18ClN5O/c1-10-13(14)11(2)19(17-10)9-12(20)15-5-3-7-18-8-4-6-16-18/h4,6,8H,3,5,7,9H2,1-2H3,(H,15,20). The first-order valence-corrected chi connectivity index (χ1v) is 6.89. The fourth-order valence-corrected chi connectivity index (χ4v) is 2.06. The van der Waals surface area contributed by atoms with Crippen LogP contribution >= 0.6 is 11.6 Å². The third-order valence-electron chi connectivity index (χ3n) is 3.03. The van der Waals surface area contributed by atoms with Gasteiger partial charge in [0.1, 0.15) is 6.54 Å². The van der Waals surface area contributed by atoms with Crippen molar-refractivity contribution in [2.45, 2.75) is 33.4 Å². The van der Waals surface area contributed by atoms with E-state index in [0.717, 1.165) is 24.4 Å². The zero-order chi connectivity index (χ0) is 14.5. The van der Waals surface area contributed by atoms with Crippen molar-refractivity contribution in [3.63, 3.8) is 0 Å². The number of nitrogens with one attached hydrogen (secondary N) is 1. The monoisotopic (exact) mass is 295 g/mol. The van der Waals surface area contributed by atoms with E-state index in [-0.39, 0.29) is 12.5 Å². The minimum atomic E-state index is -0.0623. The fourth-order valence-electron chi connectivity index (χ4n) is 1.92. The van der Waals surface area contributed by atoms with E-state index < -0.39 is 0 Å². The summed E-state index contributed by atoms with van der Waals surface area (Å²) in [6, 6.07) is 1.88. The Hall–Kier alpha value is -1.82. The summed E-state index contributed by atoms with van der Waals surface area (Å²) in [5, 5.41) is 11.8. The van der Waals surface area contributed by atoms with E-state index >= 15 is 0 Å². The molecule has 1 amide bonds. The zero-order valence-electron chi connectivity index (χ0n) is 11.6. The number of carbonyl (C=O) groups excluding carboxylic acids is 1. The first-order chi connectivity index (χ1) is 9.58. The molecule has 7 heteroatoms. The Balaban J connectivity index is 1.74. The maximum Gasteiger partial charge on any atom is 0.241 e. The van der Waals surface area contributed by atoms with Crippen LogP contribution in [0.2, 0.25) is 5.02 Å². The van der Waals surface area contributed by atoms with Crippen LogP contribution in [0.5, 0.6) is 0 Å². The van der Waals surface area contributed by atoms with Crippen LogP contribution in [0.25, 0.3) is 0 Å². The number of aromatic nitrogens is 4. The Bertz CT molecular complexity index is 576. The van der Waals surface area contributed by atoms with Crippen LogP contribution in [-0.4, -0.2) is 32.0 Å². The van der Waals surface area contributed by atoms with Crippen molar-refractivity contribution in [2.75, 3.05) is 6.54 Å². The van der Waals surface area contributed by atoms with Crippen LogP contribution in [0.3, 0.4) is 0 Å². The fraction of sp³-hybridized carbons (Fsp3) is 0.462. The lowest BCUT2D eigenvalue weighted by atomic mass is 10.4. The molecular weight excluding hydrogens is 278 g/mol. The number of nitrogens with zero attached hydrogens (tertiary/aromatic N) is 4. The second kappa shape index (κ2) is 6.56. The summed E-state index contributed by atoms with van der Waals surface area (Å²) in [6.45, 7) is 5.28. The number of rotatable bonds is 6. The molecule has 108 valence electrons. The Morgan fingerprint density at radius 3 is 2.85 bits per heavy atom. The first-order valence-electron chi connectivity index (χ1n) is 6.51. The molecule has 2 aromatic rings. The van der Waals surface area contributed by atoms with Gasteiger partial charge in [0, 0.05) is 25.5 Å². The lowest BCUT2D eigenvalue weighted by molar-refractivity contribution is -0.121. The maximum atomic E-state index is 11.8. The highest BCUT2D eigenvalue weighted by Gasteiger charge is 2.11. The predicted octanol–water partition coefficient (Wildman–Crippen LogP) is 1.56. The van der Waals surface area contributed by atoms with Gasteiger partial charge < -0.3 is 5.32 Å². The van der Waals surface area contributed by atoms with Gasteiger partial charge in [0.2, 0.25) is 5.91 Å².